The fourth-order valence-electron chi connectivity index (χ4n) is 1.56. The van der Waals surface area contributed by atoms with E-state index in [1.54, 1.807) is 18.2 Å². The average Bonchev–Trinajstić information content (AvgIpc) is 2.73. The molecule has 0 saturated carbocycles. The van der Waals surface area contributed by atoms with Crippen molar-refractivity contribution >= 4 is 11.7 Å². The molecule has 1 aromatic heterocycles. The Bertz CT molecular complexity index is 579. The summed E-state index contributed by atoms with van der Waals surface area (Å²) in [4.78, 5) is 0. The van der Waals surface area contributed by atoms with Crippen LogP contribution in [0.4, 0.5) is 10.2 Å². The predicted octanol–water partition coefficient (Wildman–Crippen LogP) is 1.62. The Morgan fingerprint density at radius 3 is 2.89 bits per heavy atom. The standard InChI is InChI=1S/C12H13FN4O/c1-18-12(15)10-6-11(14)17(16-10)7-8-4-2-3-5-9(8)13/h2-6,15H,7,14H2,1H3. The molecule has 0 unspecified atom stereocenters. The summed E-state index contributed by atoms with van der Waals surface area (Å²) in [6.07, 6.45) is 0. The molecule has 0 radical (unpaired) electrons. The molecule has 0 spiro atoms. The van der Waals surface area contributed by atoms with Gasteiger partial charge in [0.1, 0.15) is 17.3 Å². The van der Waals surface area contributed by atoms with Crippen molar-refractivity contribution in [2.75, 3.05) is 12.8 Å². The van der Waals surface area contributed by atoms with E-state index >= 15 is 0 Å². The lowest BCUT2D eigenvalue weighted by Crippen LogP contribution is -2.09. The van der Waals surface area contributed by atoms with Gasteiger partial charge in [0.25, 0.3) is 0 Å². The number of methoxy groups -OCH3 is 1. The highest BCUT2D eigenvalue weighted by Gasteiger charge is 2.11. The van der Waals surface area contributed by atoms with E-state index in [1.165, 1.54) is 23.9 Å². The van der Waals surface area contributed by atoms with Gasteiger partial charge < -0.3 is 10.5 Å². The first-order chi connectivity index (χ1) is 8.61. The number of nitrogens with one attached hydrogen (secondary N) is 1. The quantitative estimate of drug-likeness (QED) is 0.640. The molecule has 0 fully saturated rings. The topological polar surface area (TPSA) is 76.9 Å². The highest BCUT2D eigenvalue weighted by Crippen LogP contribution is 2.13. The molecule has 0 aliphatic rings. The monoisotopic (exact) mass is 248 g/mol. The first-order valence-corrected chi connectivity index (χ1v) is 5.31. The Labute approximate surface area is 103 Å². The number of aromatic nitrogens is 2. The van der Waals surface area contributed by atoms with Crippen molar-refractivity contribution in [3.63, 3.8) is 0 Å². The first-order valence-electron chi connectivity index (χ1n) is 5.31. The number of hydrogen-bond acceptors (Lipinski definition) is 4. The van der Waals surface area contributed by atoms with Crippen molar-refractivity contribution in [3.8, 4) is 0 Å². The SMILES string of the molecule is COC(=N)c1cc(N)n(Cc2ccccc2F)n1. The Kier molecular flexibility index (Phi) is 3.27. The van der Waals surface area contributed by atoms with E-state index < -0.39 is 0 Å². The first kappa shape index (κ1) is 12.1. The van der Waals surface area contributed by atoms with Gasteiger partial charge in [-0.05, 0) is 6.07 Å². The highest BCUT2D eigenvalue weighted by atomic mass is 19.1. The van der Waals surface area contributed by atoms with Crippen LogP contribution >= 0.6 is 0 Å². The largest absolute Gasteiger partial charge is 0.480 e. The lowest BCUT2D eigenvalue weighted by Gasteiger charge is -2.05. The number of nitrogens with two attached hydrogens (primary N) is 1. The van der Waals surface area contributed by atoms with Gasteiger partial charge in [0, 0.05) is 11.6 Å². The number of nitrogens with zero attached hydrogens (tertiary/aromatic N) is 2. The molecule has 94 valence electrons. The Balaban J connectivity index is 2.27. The van der Waals surface area contributed by atoms with Crippen LogP contribution in [-0.2, 0) is 11.3 Å². The van der Waals surface area contributed by atoms with E-state index in [0.717, 1.165) is 0 Å². The predicted molar refractivity (Wildman–Crippen MR) is 66.0 cm³/mol. The number of ether oxygens (including phenoxy) is 1. The van der Waals surface area contributed by atoms with Crippen LogP contribution in [0.15, 0.2) is 30.3 Å². The minimum Gasteiger partial charge on any atom is -0.480 e. The molecule has 0 saturated heterocycles. The van der Waals surface area contributed by atoms with Crippen molar-refractivity contribution in [2.24, 2.45) is 0 Å². The smallest absolute Gasteiger partial charge is 0.234 e. The Morgan fingerprint density at radius 2 is 2.22 bits per heavy atom. The molecule has 6 heteroatoms. The van der Waals surface area contributed by atoms with Crippen molar-refractivity contribution in [1.29, 1.82) is 5.41 Å². The lowest BCUT2D eigenvalue weighted by atomic mass is 10.2. The highest BCUT2D eigenvalue weighted by molar-refractivity contribution is 5.90. The van der Waals surface area contributed by atoms with Gasteiger partial charge in [0.2, 0.25) is 5.90 Å². The summed E-state index contributed by atoms with van der Waals surface area (Å²) in [6, 6.07) is 7.94. The number of benzene rings is 1. The average molecular weight is 248 g/mol. The van der Waals surface area contributed by atoms with Gasteiger partial charge in [-0.2, -0.15) is 5.10 Å². The van der Waals surface area contributed by atoms with Gasteiger partial charge in [-0.1, -0.05) is 18.2 Å². The van der Waals surface area contributed by atoms with Gasteiger partial charge in [-0.25, -0.2) is 9.07 Å². The van der Waals surface area contributed by atoms with E-state index in [2.05, 4.69) is 5.10 Å². The maximum absolute atomic E-state index is 13.5. The van der Waals surface area contributed by atoms with Crippen LogP contribution in [-0.4, -0.2) is 22.8 Å². The second-order valence-corrected chi connectivity index (χ2v) is 3.74. The zero-order valence-electron chi connectivity index (χ0n) is 9.85. The molecule has 1 aromatic carbocycles. The second kappa shape index (κ2) is 4.87. The number of anilines is 1. The maximum atomic E-state index is 13.5. The summed E-state index contributed by atoms with van der Waals surface area (Å²) >= 11 is 0. The van der Waals surface area contributed by atoms with Gasteiger partial charge in [0.05, 0.1) is 13.7 Å². The van der Waals surface area contributed by atoms with Gasteiger partial charge >= 0.3 is 0 Å². The number of rotatable bonds is 3. The molecular weight excluding hydrogens is 235 g/mol. The van der Waals surface area contributed by atoms with Crippen molar-refractivity contribution < 1.29 is 9.13 Å². The summed E-state index contributed by atoms with van der Waals surface area (Å²) < 4.78 is 19.7. The van der Waals surface area contributed by atoms with E-state index in [0.29, 0.717) is 17.1 Å². The van der Waals surface area contributed by atoms with E-state index in [1.807, 2.05) is 0 Å². The third-order valence-electron chi connectivity index (χ3n) is 2.53. The van der Waals surface area contributed by atoms with Crippen molar-refractivity contribution in [3.05, 3.63) is 47.4 Å². The third-order valence-corrected chi connectivity index (χ3v) is 2.53. The summed E-state index contributed by atoms with van der Waals surface area (Å²) in [5, 5.41) is 11.6. The number of halogens is 1. The zero-order valence-corrected chi connectivity index (χ0v) is 9.85. The van der Waals surface area contributed by atoms with Crippen LogP contribution < -0.4 is 5.73 Å². The maximum Gasteiger partial charge on any atom is 0.234 e. The number of hydrogen-bond donors (Lipinski definition) is 2. The normalized spacial score (nSPS) is 10.3. The van der Waals surface area contributed by atoms with Crippen LogP contribution in [0.3, 0.4) is 0 Å². The Morgan fingerprint density at radius 1 is 1.50 bits per heavy atom. The second-order valence-electron chi connectivity index (χ2n) is 3.74. The molecule has 0 atom stereocenters. The Hall–Kier alpha value is -2.37. The van der Waals surface area contributed by atoms with Crippen LogP contribution in [0.2, 0.25) is 0 Å². The molecule has 2 aromatic rings. The van der Waals surface area contributed by atoms with Crippen LogP contribution in [0.1, 0.15) is 11.3 Å². The molecule has 0 amide bonds. The molecule has 0 bridgehead atoms. The van der Waals surface area contributed by atoms with Gasteiger partial charge in [-0.15, -0.1) is 0 Å². The number of nitrogen functional groups attached to an aromatic ring is 1. The molecular formula is C12H13FN4O. The minimum atomic E-state index is -0.309. The fraction of sp³-hybridized carbons (Fsp3) is 0.167. The van der Waals surface area contributed by atoms with Gasteiger partial charge in [0.15, 0.2) is 0 Å². The molecule has 3 N–H and O–H groups in total. The molecule has 1 heterocycles. The summed E-state index contributed by atoms with van der Waals surface area (Å²) in [6.45, 7) is 0.218. The van der Waals surface area contributed by atoms with Crippen molar-refractivity contribution in [1.82, 2.24) is 9.78 Å². The molecule has 2 rings (SSSR count). The van der Waals surface area contributed by atoms with E-state index in [-0.39, 0.29) is 18.3 Å². The molecule has 0 aliphatic heterocycles. The minimum absolute atomic E-state index is 0.0750. The summed E-state index contributed by atoms with van der Waals surface area (Å²) in [5.74, 6) is -0.0280. The van der Waals surface area contributed by atoms with E-state index in [9.17, 15) is 4.39 Å². The van der Waals surface area contributed by atoms with Crippen LogP contribution in [0.5, 0.6) is 0 Å². The summed E-state index contributed by atoms with van der Waals surface area (Å²) in [7, 11) is 1.38. The van der Waals surface area contributed by atoms with Gasteiger partial charge in [-0.3, -0.25) is 5.41 Å². The third kappa shape index (κ3) is 2.32. The zero-order chi connectivity index (χ0) is 13.1. The van der Waals surface area contributed by atoms with Crippen molar-refractivity contribution in [2.45, 2.75) is 6.54 Å². The molecule has 0 aliphatic carbocycles. The molecule has 18 heavy (non-hydrogen) atoms. The lowest BCUT2D eigenvalue weighted by molar-refractivity contribution is 0.399. The fourth-order valence-corrected chi connectivity index (χ4v) is 1.56. The summed E-state index contributed by atoms with van der Waals surface area (Å²) in [5.41, 5.74) is 6.57. The van der Waals surface area contributed by atoms with E-state index in [4.69, 9.17) is 15.9 Å². The van der Waals surface area contributed by atoms with Crippen LogP contribution in [0, 0.1) is 11.2 Å². The van der Waals surface area contributed by atoms with Crippen LogP contribution in [0.25, 0.3) is 0 Å². The molecule has 5 nitrogen and oxygen atoms in total.